The van der Waals surface area contributed by atoms with Crippen molar-refractivity contribution < 1.29 is 57.6 Å². The number of hydrogen-bond acceptors (Lipinski definition) is 14. The highest BCUT2D eigenvalue weighted by Crippen LogP contribution is 2.13. The Morgan fingerprint density at radius 3 is 1.53 bits per heavy atom. The minimum Gasteiger partial charge on any atom is -0.480 e. The van der Waals surface area contributed by atoms with E-state index in [4.69, 9.17) is 30.4 Å². The van der Waals surface area contributed by atoms with E-state index in [0.717, 1.165) is 19.3 Å². The van der Waals surface area contributed by atoms with E-state index in [9.17, 15) is 38.7 Å². The van der Waals surface area contributed by atoms with Gasteiger partial charge < -0.3 is 62.1 Å². The van der Waals surface area contributed by atoms with Crippen molar-refractivity contribution >= 4 is 41.3 Å². The summed E-state index contributed by atoms with van der Waals surface area (Å²) in [5, 5.41) is 25.8. The van der Waals surface area contributed by atoms with E-state index in [2.05, 4.69) is 38.8 Å². The predicted octanol–water partition coefficient (Wildman–Crippen LogP) is 0.962. The quantitative estimate of drug-likeness (QED) is 0.0384. The summed E-state index contributed by atoms with van der Waals surface area (Å²) < 4.78 is 21.4. The molecule has 0 aliphatic heterocycles. The van der Waals surface area contributed by atoms with Gasteiger partial charge in [0.15, 0.2) is 5.78 Å². The smallest absolute Gasteiger partial charge is 0.326 e. The molecule has 0 rings (SSSR count). The van der Waals surface area contributed by atoms with Gasteiger partial charge in [-0.25, -0.2) is 4.79 Å². The van der Waals surface area contributed by atoms with E-state index in [1.54, 1.807) is 7.05 Å². The van der Waals surface area contributed by atoms with Crippen LogP contribution in [0, 0.1) is 0 Å². The van der Waals surface area contributed by atoms with E-state index in [0.29, 0.717) is 32.2 Å². The maximum Gasteiger partial charge on any atom is 0.326 e. The number of likely N-dealkylation sites (N-methyl/N-ethyl adjacent to an activating group) is 1. The molecule has 0 fully saturated rings. The third kappa shape index (κ3) is 37.6. The molecule has 372 valence electrons. The average molecular weight is 917 g/mol. The van der Waals surface area contributed by atoms with Gasteiger partial charge in [0.1, 0.15) is 19.3 Å². The molecule has 0 aromatic rings. The summed E-state index contributed by atoms with van der Waals surface area (Å²) in [6, 6.07) is -2.29. The fourth-order valence-corrected chi connectivity index (χ4v) is 6.40. The summed E-state index contributed by atoms with van der Waals surface area (Å²) in [5.74, 6) is -3.16. The third-order valence-corrected chi connectivity index (χ3v) is 10.2. The fraction of sp³-hybridized carbons (Fsp3) is 0.841. The zero-order chi connectivity index (χ0) is 47.5. The lowest BCUT2D eigenvalue weighted by molar-refractivity contribution is -0.142. The average Bonchev–Trinajstić information content (AvgIpc) is 3.26. The highest BCUT2D eigenvalue weighted by atomic mass is 16.5. The Balaban J connectivity index is 3.72. The maximum absolute atomic E-state index is 12.4. The molecule has 0 saturated carbocycles. The molecular formula is C44H84N8O12. The normalized spacial score (nSPS) is 12.5. The van der Waals surface area contributed by atoms with Crippen molar-refractivity contribution in [1.82, 2.24) is 31.9 Å². The Labute approximate surface area is 381 Å². The first-order chi connectivity index (χ1) is 30.9. The second-order valence-corrected chi connectivity index (χ2v) is 15.7. The zero-order valence-electron chi connectivity index (χ0n) is 39.0. The molecule has 20 heteroatoms. The van der Waals surface area contributed by atoms with Crippen molar-refractivity contribution in [3.05, 3.63) is 0 Å². The number of carbonyl (C=O) groups is 7. The van der Waals surface area contributed by atoms with Crippen LogP contribution >= 0.6 is 0 Å². The van der Waals surface area contributed by atoms with Gasteiger partial charge in [-0.15, -0.1) is 0 Å². The lowest BCUT2D eigenvalue weighted by Crippen LogP contribution is -2.50. The molecule has 64 heavy (non-hydrogen) atoms. The lowest BCUT2D eigenvalue weighted by Gasteiger charge is -2.18. The molecule has 0 heterocycles. The third-order valence-electron chi connectivity index (χ3n) is 10.2. The van der Waals surface area contributed by atoms with Crippen molar-refractivity contribution in [3.63, 3.8) is 0 Å². The standard InChI is InChI=1S/C44H84N8O12/c1-3-4-5-6-7-8-9-10-11-12-13-14-15-19-40(55)52-36(44(59)60)20-21-39(54)49-23-25-61-27-30-64-34-42(57)50-24-26-62-28-29-63-33-41(56)48-22-17-16-18-35(47-2)38(53)32-51-37(31-45)43(46)58/h35-37,47,51H,3-34,45H2,1-2H3,(H2,46,58)(H,48,56)(H,49,54)(H,50,57)(H,52,55)(H,59,60)/t35-,36-,37-/m0/s1. The highest BCUT2D eigenvalue weighted by Gasteiger charge is 2.21. The summed E-state index contributed by atoms with van der Waals surface area (Å²) in [5.41, 5.74) is 10.7. The van der Waals surface area contributed by atoms with Crippen molar-refractivity contribution in [2.24, 2.45) is 11.5 Å². The molecule has 20 nitrogen and oxygen atoms in total. The van der Waals surface area contributed by atoms with Crippen molar-refractivity contribution in [2.75, 3.05) is 92.6 Å². The molecule has 3 atom stereocenters. The molecule has 0 aromatic carbocycles. The number of unbranched alkanes of at least 4 members (excludes halogenated alkanes) is 13. The topological polar surface area (TPSA) is 301 Å². The number of amides is 5. The molecule has 0 unspecified atom stereocenters. The van der Waals surface area contributed by atoms with Crippen LogP contribution in [0.5, 0.6) is 0 Å². The summed E-state index contributed by atoms with van der Waals surface area (Å²) >= 11 is 0. The predicted molar refractivity (Wildman–Crippen MR) is 243 cm³/mol. The zero-order valence-corrected chi connectivity index (χ0v) is 39.0. The van der Waals surface area contributed by atoms with Gasteiger partial charge in [0.2, 0.25) is 29.5 Å². The molecule has 0 aromatic heterocycles. The van der Waals surface area contributed by atoms with Gasteiger partial charge in [-0.2, -0.15) is 0 Å². The second kappa shape index (κ2) is 43.1. The summed E-state index contributed by atoms with van der Waals surface area (Å²) in [6.07, 6.45) is 17.7. The molecule has 0 saturated heterocycles. The molecular weight excluding hydrogens is 833 g/mol. The van der Waals surface area contributed by atoms with Gasteiger partial charge in [0.25, 0.3) is 0 Å². The van der Waals surface area contributed by atoms with Crippen molar-refractivity contribution in [3.8, 4) is 0 Å². The first-order valence-electron chi connectivity index (χ1n) is 23.5. The molecule has 0 spiro atoms. The van der Waals surface area contributed by atoms with Crippen LogP contribution in [0.25, 0.3) is 0 Å². The number of carbonyl (C=O) groups excluding carboxylic acids is 6. The Hall–Kier alpha value is -3.79. The molecule has 11 N–H and O–H groups in total. The van der Waals surface area contributed by atoms with Gasteiger partial charge in [-0.3, -0.25) is 34.1 Å². The summed E-state index contributed by atoms with van der Waals surface area (Å²) in [7, 11) is 1.68. The van der Waals surface area contributed by atoms with Gasteiger partial charge in [-0.05, 0) is 39.2 Å². The van der Waals surface area contributed by atoms with Gasteiger partial charge in [-0.1, -0.05) is 84.0 Å². The minimum absolute atomic E-state index is 0.00323. The van der Waals surface area contributed by atoms with Crippen molar-refractivity contribution in [2.45, 2.75) is 147 Å². The monoisotopic (exact) mass is 917 g/mol. The number of nitrogens with one attached hydrogen (secondary N) is 6. The van der Waals surface area contributed by atoms with Gasteiger partial charge in [0, 0.05) is 39.0 Å². The van der Waals surface area contributed by atoms with E-state index in [1.807, 2.05) is 0 Å². The summed E-state index contributed by atoms with van der Waals surface area (Å²) in [4.78, 5) is 83.7. The van der Waals surface area contributed by atoms with E-state index >= 15 is 0 Å². The van der Waals surface area contributed by atoms with E-state index in [-0.39, 0.29) is 128 Å². The number of aliphatic carboxylic acids is 1. The highest BCUT2D eigenvalue weighted by molar-refractivity contribution is 5.87. The Bertz CT molecular complexity index is 1270. The number of carboxylic acids is 1. The van der Waals surface area contributed by atoms with Crippen LogP contribution in [0.3, 0.4) is 0 Å². The molecule has 0 bridgehead atoms. The Morgan fingerprint density at radius 2 is 1.03 bits per heavy atom. The number of nitrogens with two attached hydrogens (primary N) is 2. The number of carboxylic acid groups (broad SMARTS) is 1. The minimum atomic E-state index is -1.17. The van der Waals surface area contributed by atoms with Gasteiger partial charge in [0.05, 0.1) is 58.3 Å². The van der Waals surface area contributed by atoms with Crippen LogP contribution in [-0.2, 0) is 52.5 Å². The van der Waals surface area contributed by atoms with Crippen LogP contribution in [0.4, 0.5) is 0 Å². The number of hydrogen-bond donors (Lipinski definition) is 9. The lowest BCUT2D eigenvalue weighted by atomic mass is 10.0. The van der Waals surface area contributed by atoms with Crippen molar-refractivity contribution in [1.29, 1.82) is 0 Å². The van der Waals surface area contributed by atoms with Crippen LogP contribution in [0.2, 0.25) is 0 Å². The van der Waals surface area contributed by atoms with Gasteiger partial charge >= 0.3 is 5.97 Å². The largest absolute Gasteiger partial charge is 0.480 e. The second-order valence-electron chi connectivity index (χ2n) is 15.7. The van der Waals surface area contributed by atoms with Crippen LogP contribution < -0.4 is 43.4 Å². The maximum atomic E-state index is 12.4. The van der Waals surface area contributed by atoms with Crippen LogP contribution in [0.15, 0.2) is 0 Å². The fourth-order valence-electron chi connectivity index (χ4n) is 6.40. The summed E-state index contributed by atoms with van der Waals surface area (Å²) in [6.45, 7) is 4.04. The Kier molecular flexibility index (Phi) is 40.6. The molecule has 0 aliphatic carbocycles. The van der Waals surface area contributed by atoms with Crippen LogP contribution in [-0.4, -0.2) is 157 Å². The number of ether oxygens (including phenoxy) is 4. The molecule has 0 radical (unpaired) electrons. The molecule has 5 amide bonds. The number of ketones is 1. The Morgan fingerprint density at radius 1 is 0.531 bits per heavy atom. The molecule has 0 aliphatic rings. The number of primary amides is 1. The van der Waals surface area contributed by atoms with E-state index in [1.165, 1.54) is 57.8 Å². The SMILES string of the molecule is CCCCCCCCCCCCCCCC(=O)N[C@@H](CCC(=O)NCCOCCOCC(=O)NCCOCCOCC(=O)NCCCC[C@H](NC)C(=O)CN[C@@H](CN)C(N)=O)C(=O)O. The number of Topliss-reactive ketones (excluding diaryl/α,β-unsaturated/α-hetero) is 1. The first kappa shape index (κ1) is 60.2. The van der Waals surface area contributed by atoms with Crippen LogP contribution in [0.1, 0.15) is 129 Å². The first-order valence-corrected chi connectivity index (χ1v) is 23.5. The number of rotatable bonds is 47. The van der Waals surface area contributed by atoms with E-state index < -0.39 is 30.0 Å².